The molecule has 80 valence electrons. The molecule has 16 heavy (non-hydrogen) atoms. The van der Waals surface area contributed by atoms with Gasteiger partial charge in [0.25, 0.3) is 0 Å². The zero-order valence-electron chi connectivity index (χ0n) is 8.61. The summed E-state index contributed by atoms with van der Waals surface area (Å²) in [5, 5.41) is 1.81. The van der Waals surface area contributed by atoms with Crippen molar-refractivity contribution in [2.75, 3.05) is 5.73 Å². The van der Waals surface area contributed by atoms with Crippen LogP contribution in [0.4, 0.5) is 5.95 Å². The van der Waals surface area contributed by atoms with E-state index in [1.54, 1.807) is 6.07 Å². The SMILES string of the molecule is C[n+]1cc2ccc(=O)[nH]c3[nH]c(N)nc1c23. The second-order valence-electron chi connectivity index (χ2n) is 3.71. The molecule has 3 rings (SSSR count). The number of aromatic nitrogens is 4. The molecule has 0 saturated carbocycles. The first-order valence-electron chi connectivity index (χ1n) is 4.82. The monoisotopic (exact) mass is 216 g/mol. The van der Waals surface area contributed by atoms with Crippen LogP contribution in [-0.4, -0.2) is 15.0 Å². The number of H-pyrrole nitrogens is 2. The molecule has 3 heterocycles. The quantitative estimate of drug-likeness (QED) is 0.455. The highest BCUT2D eigenvalue weighted by atomic mass is 16.1. The van der Waals surface area contributed by atoms with Gasteiger partial charge < -0.3 is 10.7 Å². The van der Waals surface area contributed by atoms with Gasteiger partial charge in [-0.25, -0.2) is 4.57 Å². The Bertz CT molecular complexity index is 755. The number of aryl methyl sites for hydroxylation is 1. The molecule has 0 amide bonds. The van der Waals surface area contributed by atoms with E-state index in [9.17, 15) is 4.79 Å². The first-order chi connectivity index (χ1) is 7.65. The predicted molar refractivity (Wildman–Crippen MR) is 59.8 cm³/mol. The fourth-order valence-corrected chi connectivity index (χ4v) is 1.91. The summed E-state index contributed by atoms with van der Waals surface area (Å²) >= 11 is 0. The van der Waals surface area contributed by atoms with E-state index in [4.69, 9.17) is 5.73 Å². The maximum absolute atomic E-state index is 11.4. The Balaban J connectivity index is 2.73. The first kappa shape index (κ1) is 8.90. The number of nitrogen functional groups attached to an aromatic ring is 1. The third-order valence-electron chi connectivity index (χ3n) is 2.57. The van der Waals surface area contributed by atoms with Crippen molar-refractivity contribution in [2.45, 2.75) is 0 Å². The fraction of sp³-hybridized carbons (Fsp3) is 0.100. The summed E-state index contributed by atoms with van der Waals surface area (Å²) in [6.45, 7) is 0. The number of anilines is 1. The van der Waals surface area contributed by atoms with Gasteiger partial charge in [-0.2, -0.15) is 0 Å². The van der Waals surface area contributed by atoms with Crippen LogP contribution in [0.5, 0.6) is 0 Å². The molecule has 3 aromatic heterocycles. The van der Waals surface area contributed by atoms with E-state index in [-0.39, 0.29) is 11.5 Å². The molecule has 0 atom stereocenters. The molecule has 0 unspecified atom stereocenters. The van der Waals surface area contributed by atoms with Crippen LogP contribution in [0.2, 0.25) is 0 Å². The van der Waals surface area contributed by atoms with Gasteiger partial charge >= 0.3 is 11.6 Å². The Morgan fingerprint density at radius 1 is 1.38 bits per heavy atom. The van der Waals surface area contributed by atoms with E-state index in [1.807, 2.05) is 17.8 Å². The lowest BCUT2D eigenvalue weighted by molar-refractivity contribution is -0.643. The molecule has 0 radical (unpaired) electrons. The minimum absolute atomic E-state index is 0.179. The number of nitrogens with one attached hydrogen (secondary N) is 2. The molecule has 0 saturated heterocycles. The van der Waals surface area contributed by atoms with Crippen LogP contribution in [-0.2, 0) is 7.05 Å². The number of nitrogens with two attached hydrogens (primary N) is 1. The summed E-state index contributed by atoms with van der Waals surface area (Å²) in [7, 11) is 1.89. The van der Waals surface area contributed by atoms with E-state index in [0.29, 0.717) is 5.65 Å². The van der Waals surface area contributed by atoms with Crippen molar-refractivity contribution in [1.82, 2.24) is 15.0 Å². The lowest BCUT2D eigenvalue weighted by atomic mass is 10.3. The van der Waals surface area contributed by atoms with E-state index >= 15 is 0 Å². The summed E-state index contributed by atoms with van der Waals surface area (Å²) in [5.41, 5.74) is 6.80. The van der Waals surface area contributed by atoms with Crippen molar-refractivity contribution in [3.05, 3.63) is 28.7 Å². The minimum Gasteiger partial charge on any atom is -0.348 e. The molecule has 0 aliphatic rings. The second-order valence-corrected chi connectivity index (χ2v) is 3.71. The van der Waals surface area contributed by atoms with Crippen molar-refractivity contribution in [3.63, 3.8) is 0 Å². The summed E-state index contributed by atoms with van der Waals surface area (Å²) in [4.78, 5) is 21.2. The minimum atomic E-state index is -0.179. The summed E-state index contributed by atoms with van der Waals surface area (Å²) in [5.74, 6) is 0.275. The molecule has 0 fully saturated rings. The molecule has 4 N–H and O–H groups in total. The van der Waals surface area contributed by atoms with Gasteiger partial charge in [0.1, 0.15) is 11.0 Å². The molecule has 0 aromatic carbocycles. The van der Waals surface area contributed by atoms with Crippen molar-refractivity contribution in [2.24, 2.45) is 7.05 Å². The largest absolute Gasteiger partial charge is 0.348 e. The fourth-order valence-electron chi connectivity index (χ4n) is 1.91. The van der Waals surface area contributed by atoms with Crippen LogP contribution >= 0.6 is 0 Å². The van der Waals surface area contributed by atoms with Crippen molar-refractivity contribution < 1.29 is 4.57 Å². The van der Waals surface area contributed by atoms with Crippen LogP contribution in [0, 0.1) is 0 Å². The molecule has 6 heteroatoms. The van der Waals surface area contributed by atoms with Crippen LogP contribution in [0.1, 0.15) is 0 Å². The Morgan fingerprint density at radius 2 is 2.19 bits per heavy atom. The van der Waals surface area contributed by atoms with Gasteiger partial charge in [-0.1, -0.05) is 0 Å². The van der Waals surface area contributed by atoms with E-state index < -0.39 is 0 Å². The standard InChI is InChI=1S/C10H9N5O/c1-15-4-5-2-3-6(16)12-8-7(5)9(15)14-10(11)13-8/h2-4H,1H3,(H3,11,12,13,14,16)/p+1. The summed E-state index contributed by atoms with van der Waals surface area (Å²) in [6.07, 6.45) is 1.91. The highest BCUT2D eigenvalue weighted by Gasteiger charge is 2.16. The van der Waals surface area contributed by atoms with Crippen LogP contribution in [0.25, 0.3) is 22.1 Å². The maximum Gasteiger partial charge on any atom is 0.339 e. The van der Waals surface area contributed by atoms with E-state index in [1.165, 1.54) is 6.07 Å². The molecule has 0 aliphatic heterocycles. The zero-order chi connectivity index (χ0) is 11.3. The number of aromatic amines is 2. The van der Waals surface area contributed by atoms with Gasteiger partial charge in [-0.05, 0) is 11.1 Å². The molecular formula is C10H10N5O+. The first-order valence-corrected chi connectivity index (χ1v) is 4.82. The van der Waals surface area contributed by atoms with Gasteiger partial charge in [0.2, 0.25) is 5.56 Å². The molecule has 3 aromatic rings. The normalized spacial score (nSPS) is 11.3. The van der Waals surface area contributed by atoms with Crippen molar-refractivity contribution >= 4 is 28.0 Å². The van der Waals surface area contributed by atoms with E-state index in [2.05, 4.69) is 15.0 Å². The number of nitrogens with zero attached hydrogens (tertiary/aromatic N) is 2. The Kier molecular flexibility index (Phi) is 1.57. The van der Waals surface area contributed by atoms with Gasteiger partial charge in [-0.3, -0.25) is 9.78 Å². The highest BCUT2D eigenvalue weighted by Crippen LogP contribution is 2.19. The topological polar surface area (TPSA) is 91.4 Å². The third kappa shape index (κ3) is 1.10. The summed E-state index contributed by atoms with van der Waals surface area (Å²) in [6, 6.07) is 3.25. The zero-order valence-corrected chi connectivity index (χ0v) is 8.61. The Morgan fingerprint density at radius 3 is 3.00 bits per heavy atom. The second kappa shape index (κ2) is 2.82. The lowest BCUT2D eigenvalue weighted by Crippen LogP contribution is -2.26. The third-order valence-corrected chi connectivity index (χ3v) is 2.57. The average Bonchev–Trinajstić information content (AvgIpc) is 2.43. The van der Waals surface area contributed by atoms with Crippen molar-refractivity contribution in [1.29, 1.82) is 0 Å². The Hall–Kier alpha value is -2.37. The van der Waals surface area contributed by atoms with Gasteiger partial charge in [-0.15, -0.1) is 0 Å². The number of hydrogen-bond donors (Lipinski definition) is 3. The molecule has 6 nitrogen and oxygen atoms in total. The number of rotatable bonds is 0. The molecule has 0 bridgehead atoms. The maximum atomic E-state index is 11.4. The lowest BCUT2D eigenvalue weighted by Gasteiger charge is -1.91. The van der Waals surface area contributed by atoms with Crippen LogP contribution < -0.4 is 15.9 Å². The molecular weight excluding hydrogens is 206 g/mol. The molecule has 0 aliphatic carbocycles. The van der Waals surface area contributed by atoms with Crippen molar-refractivity contribution in [3.8, 4) is 0 Å². The van der Waals surface area contributed by atoms with Gasteiger partial charge in [0.05, 0.1) is 13.2 Å². The summed E-state index contributed by atoms with van der Waals surface area (Å²) < 4.78 is 1.88. The van der Waals surface area contributed by atoms with E-state index in [0.717, 1.165) is 16.4 Å². The smallest absolute Gasteiger partial charge is 0.339 e. The molecule has 0 spiro atoms. The predicted octanol–water partition coefficient (Wildman–Crippen LogP) is -0.189. The average molecular weight is 216 g/mol. The van der Waals surface area contributed by atoms with Crippen LogP contribution in [0.15, 0.2) is 23.1 Å². The Labute approximate surface area is 89.7 Å². The van der Waals surface area contributed by atoms with Gasteiger partial charge in [0.15, 0.2) is 0 Å². The highest BCUT2D eigenvalue weighted by molar-refractivity contribution is 6.02. The van der Waals surface area contributed by atoms with Gasteiger partial charge in [0, 0.05) is 11.5 Å². The number of hydrogen-bond acceptors (Lipinski definition) is 3. The van der Waals surface area contributed by atoms with Crippen LogP contribution in [0.3, 0.4) is 0 Å².